The molecule has 1 aromatic carbocycles. The molecule has 0 fully saturated rings. The molecule has 1 heterocycles. The number of H-pyrrole nitrogens is 1. The van der Waals surface area contributed by atoms with Crippen LogP contribution in [0.2, 0.25) is 5.02 Å². The predicted molar refractivity (Wildman–Crippen MR) is 61.7 cm³/mol. The molecule has 0 aliphatic heterocycles. The second-order valence-electron chi connectivity index (χ2n) is 3.37. The lowest BCUT2D eigenvalue weighted by atomic mass is 10.2. The molecule has 0 aliphatic carbocycles. The molecular weight excluding hydrogens is 210 g/mol. The topological polar surface area (TPSA) is 54.7 Å². The number of hydrogen-bond donors (Lipinski definition) is 2. The van der Waals surface area contributed by atoms with E-state index in [1.54, 1.807) is 0 Å². The number of rotatable bonds is 2. The summed E-state index contributed by atoms with van der Waals surface area (Å²) in [4.78, 5) is 7.60. The standard InChI is InChI=1S/C11H12ClN3/c1-7-10(6-13)15-11(14-7)8-2-4-9(12)5-3-8/h2-5H,6,13H2,1H3,(H,14,15). The van der Waals surface area contributed by atoms with E-state index in [1.165, 1.54) is 0 Å². The van der Waals surface area contributed by atoms with Crippen LogP contribution in [0.5, 0.6) is 0 Å². The van der Waals surface area contributed by atoms with Gasteiger partial charge < -0.3 is 10.7 Å². The van der Waals surface area contributed by atoms with Crippen LogP contribution in [0.15, 0.2) is 24.3 Å². The van der Waals surface area contributed by atoms with Gasteiger partial charge >= 0.3 is 0 Å². The van der Waals surface area contributed by atoms with E-state index in [0.717, 1.165) is 27.8 Å². The summed E-state index contributed by atoms with van der Waals surface area (Å²) in [6, 6.07) is 7.55. The van der Waals surface area contributed by atoms with E-state index in [2.05, 4.69) is 9.97 Å². The Kier molecular flexibility index (Phi) is 2.75. The zero-order valence-corrected chi connectivity index (χ0v) is 9.17. The summed E-state index contributed by atoms with van der Waals surface area (Å²) in [5, 5.41) is 0.723. The molecule has 4 heteroatoms. The largest absolute Gasteiger partial charge is 0.342 e. The van der Waals surface area contributed by atoms with Crippen molar-refractivity contribution in [1.29, 1.82) is 0 Å². The number of imidazole rings is 1. The number of aromatic amines is 1. The van der Waals surface area contributed by atoms with E-state index in [0.29, 0.717) is 6.54 Å². The zero-order valence-electron chi connectivity index (χ0n) is 8.42. The fourth-order valence-electron chi connectivity index (χ4n) is 1.44. The highest BCUT2D eigenvalue weighted by molar-refractivity contribution is 6.30. The van der Waals surface area contributed by atoms with Crippen molar-refractivity contribution in [2.75, 3.05) is 0 Å². The number of nitrogens with two attached hydrogens (primary N) is 1. The maximum Gasteiger partial charge on any atom is 0.137 e. The van der Waals surface area contributed by atoms with Crippen molar-refractivity contribution in [3.8, 4) is 11.4 Å². The van der Waals surface area contributed by atoms with Gasteiger partial charge in [0.05, 0.1) is 5.69 Å². The Hall–Kier alpha value is -1.32. The first-order valence-electron chi connectivity index (χ1n) is 4.72. The number of benzene rings is 1. The minimum Gasteiger partial charge on any atom is -0.342 e. The van der Waals surface area contributed by atoms with Crippen LogP contribution in [0.25, 0.3) is 11.4 Å². The van der Waals surface area contributed by atoms with Gasteiger partial charge in [-0.2, -0.15) is 0 Å². The van der Waals surface area contributed by atoms with Gasteiger partial charge in [0.15, 0.2) is 0 Å². The van der Waals surface area contributed by atoms with Crippen molar-refractivity contribution in [2.24, 2.45) is 5.73 Å². The highest BCUT2D eigenvalue weighted by Crippen LogP contribution is 2.19. The molecule has 0 aliphatic rings. The first kappa shape index (κ1) is 10.2. The summed E-state index contributed by atoms with van der Waals surface area (Å²) in [7, 11) is 0. The van der Waals surface area contributed by atoms with Gasteiger partial charge in [-0.1, -0.05) is 11.6 Å². The van der Waals surface area contributed by atoms with Crippen molar-refractivity contribution in [3.05, 3.63) is 40.7 Å². The van der Waals surface area contributed by atoms with E-state index in [1.807, 2.05) is 31.2 Å². The third kappa shape index (κ3) is 2.03. The normalized spacial score (nSPS) is 10.6. The third-order valence-electron chi connectivity index (χ3n) is 2.30. The van der Waals surface area contributed by atoms with Crippen molar-refractivity contribution < 1.29 is 0 Å². The minimum atomic E-state index is 0.454. The number of aromatic nitrogens is 2. The molecular formula is C11H12ClN3. The Morgan fingerprint density at radius 3 is 2.53 bits per heavy atom. The molecule has 2 rings (SSSR count). The van der Waals surface area contributed by atoms with Crippen LogP contribution in [-0.4, -0.2) is 9.97 Å². The Labute approximate surface area is 93.3 Å². The molecule has 78 valence electrons. The van der Waals surface area contributed by atoms with E-state index in [4.69, 9.17) is 17.3 Å². The second-order valence-corrected chi connectivity index (χ2v) is 3.80. The Morgan fingerprint density at radius 1 is 1.33 bits per heavy atom. The molecule has 1 aromatic heterocycles. The van der Waals surface area contributed by atoms with Crippen molar-refractivity contribution >= 4 is 11.6 Å². The van der Waals surface area contributed by atoms with Crippen LogP contribution in [0.1, 0.15) is 11.4 Å². The molecule has 0 radical (unpaired) electrons. The minimum absolute atomic E-state index is 0.454. The van der Waals surface area contributed by atoms with Crippen LogP contribution in [0.4, 0.5) is 0 Å². The van der Waals surface area contributed by atoms with Crippen LogP contribution in [0.3, 0.4) is 0 Å². The molecule has 3 nitrogen and oxygen atoms in total. The highest BCUT2D eigenvalue weighted by atomic mass is 35.5. The maximum absolute atomic E-state index is 5.81. The molecule has 3 N–H and O–H groups in total. The Balaban J connectivity index is 2.41. The lowest BCUT2D eigenvalue weighted by Gasteiger charge is -1.95. The van der Waals surface area contributed by atoms with Gasteiger partial charge in [0.25, 0.3) is 0 Å². The summed E-state index contributed by atoms with van der Waals surface area (Å²) in [6.45, 7) is 2.42. The zero-order chi connectivity index (χ0) is 10.8. The van der Waals surface area contributed by atoms with E-state index >= 15 is 0 Å². The Bertz CT molecular complexity index is 459. The second kappa shape index (κ2) is 4.04. The third-order valence-corrected chi connectivity index (χ3v) is 2.55. The predicted octanol–water partition coefficient (Wildman–Crippen LogP) is 2.50. The first-order chi connectivity index (χ1) is 7.20. The van der Waals surface area contributed by atoms with Crippen LogP contribution >= 0.6 is 11.6 Å². The monoisotopic (exact) mass is 221 g/mol. The van der Waals surface area contributed by atoms with Crippen molar-refractivity contribution in [2.45, 2.75) is 13.5 Å². The maximum atomic E-state index is 5.81. The number of nitrogens with zero attached hydrogens (tertiary/aromatic N) is 1. The number of nitrogens with one attached hydrogen (secondary N) is 1. The van der Waals surface area contributed by atoms with Crippen molar-refractivity contribution in [1.82, 2.24) is 9.97 Å². The van der Waals surface area contributed by atoms with Gasteiger partial charge in [-0.25, -0.2) is 4.98 Å². The number of aryl methyl sites for hydroxylation is 1. The van der Waals surface area contributed by atoms with Crippen LogP contribution < -0.4 is 5.73 Å². The average Bonchev–Trinajstić information content (AvgIpc) is 2.61. The highest BCUT2D eigenvalue weighted by Gasteiger charge is 2.06. The SMILES string of the molecule is Cc1[nH]c(-c2ccc(Cl)cc2)nc1CN. The molecule has 2 aromatic rings. The van der Waals surface area contributed by atoms with Gasteiger partial charge in [-0.05, 0) is 31.2 Å². The van der Waals surface area contributed by atoms with E-state index in [9.17, 15) is 0 Å². The van der Waals surface area contributed by atoms with E-state index < -0.39 is 0 Å². The van der Waals surface area contributed by atoms with E-state index in [-0.39, 0.29) is 0 Å². The average molecular weight is 222 g/mol. The molecule has 0 atom stereocenters. The van der Waals surface area contributed by atoms with Gasteiger partial charge in [-0.3, -0.25) is 0 Å². The van der Waals surface area contributed by atoms with Crippen molar-refractivity contribution in [3.63, 3.8) is 0 Å². The first-order valence-corrected chi connectivity index (χ1v) is 5.10. The lowest BCUT2D eigenvalue weighted by Crippen LogP contribution is -1.98. The smallest absolute Gasteiger partial charge is 0.137 e. The summed E-state index contributed by atoms with van der Waals surface area (Å²) >= 11 is 5.81. The quantitative estimate of drug-likeness (QED) is 0.819. The molecule has 0 spiro atoms. The fraction of sp³-hybridized carbons (Fsp3) is 0.182. The Morgan fingerprint density at radius 2 is 2.00 bits per heavy atom. The molecule has 0 amide bonds. The number of hydrogen-bond acceptors (Lipinski definition) is 2. The summed E-state index contributed by atoms with van der Waals surface area (Å²) in [6.07, 6.45) is 0. The summed E-state index contributed by atoms with van der Waals surface area (Å²) in [5.74, 6) is 0.838. The lowest BCUT2D eigenvalue weighted by molar-refractivity contribution is 0.993. The molecule has 0 unspecified atom stereocenters. The molecule has 0 saturated heterocycles. The molecule has 15 heavy (non-hydrogen) atoms. The van der Waals surface area contributed by atoms with Gasteiger partial charge in [-0.15, -0.1) is 0 Å². The summed E-state index contributed by atoms with van der Waals surface area (Å²) < 4.78 is 0. The van der Waals surface area contributed by atoms with Gasteiger partial charge in [0, 0.05) is 22.8 Å². The molecule has 0 bridgehead atoms. The van der Waals surface area contributed by atoms with Crippen LogP contribution in [0, 0.1) is 6.92 Å². The summed E-state index contributed by atoms with van der Waals surface area (Å²) in [5.41, 5.74) is 8.50. The fourth-order valence-corrected chi connectivity index (χ4v) is 1.57. The van der Waals surface area contributed by atoms with Gasteiger partial charge in [0.1, 0.15) is 5.82 Å². The van der Waals surface area contributed by atoms with Gasteiger partial charge in [0.2, 0.25) is 0 Å². The molecule has 0 saturated carbocycles. The number of halogens is 1. The van der Waals surface area contributed by atoms with Crippen LogP contribution in [-0.2, 0) is 6.54 Å².